The van der Waals surface area contributed by atoms with Crippen molar-refractivity contribution in [1.29, 1.82) is 0 Å². The molecular formula is C13H27. The summed E-state index contributed by atoms with van der Waals surface area (Å²) in [6, 6.07) is 0. The Hall–Kier alpha value is 0. The number of hydrogen-bond acceptors (Lipinski definition) is 0. The molecule has 79 valence electrons. The zero-order valence-electron chi connectivity index (χ0n) is 10.4. The van der Waals surface area contributed by atoms with Gasteiger partial charge in [-0.2, -0.15) is 0 Å². The van der Waals surface area contributed by atoms with Gasteiger partial charge in [0.05, 0.1) is 0 Å². The van der Waals surface area contributed by atoms with Crippen LogP contribution in [-0.2, 0) is 0 Å². The van der Waals surface area contributed by atoms with Crippen LogP contribution < -0.4 is 0 Å². The summed E-state index contributed by atoms with van der Waals surface area (Å²) in [5.41, 5.74) is 0.507. The van der Waals surface area contributed by atoms with Gasteiger partial charge in [0.1, 0.15) is 0 Å². The summed E-state index contributed by atoms with van der Waals surface area (Å²) in [6.45, 7) is 13.9. The van der Waals surface area contributed by atoms with Crippen molar-refractivity contribution < 1.29 is 0 Å². The van der Waals surface area contributed by atoms with Crippen molar-refractivity contribution in [3.63, 3.8) is 0 Å². The fourth-order valence-corrected chi connectivity index (χ4v) is 2.57. The highest BCUT2D eigenvalue weighted by atomic mass is 14.3. The maximum atomic E-state index is 2.40. The molecule has 0 spiro atoms. The van der Waals surface area contributed by atoms with Crippen LogP contribution in [0.5, 0.6) is 0 Å². The molecule has 0 aliphatic carbocycles. The van der Waals surface area contributed by atoms with Gasteiger partial charge in [-0.15, -0.1) is 0 Å². The first-order valence-corrected chi connectivity index (χ1v) is 5.66. The Morgan fingerprint density at radius 2 is 1.77 bits per heavy atom. The predicted octanol–water partition coefficient (Wildman–Crippen LogP) is 4.84. The van der Waals surface area contributed by atoms with Gasteiger partial charge in [0.2, 0.25) is 0 Å². The van der Waals surface area contributed by atoms with Gasteiger partial charge >= 0.3 is 0 Å². The van der Waals surface area contributed by atoms with E-state index in [1.54, 1.807) is 5.92 Å². The van der Waals surface area contributed by atoms with Crippen LogP contribution in [0, 0.1) is 17.3 Å². The van der Waals surface area contributed by atoms with Gasteiger partial charge in [0, 0.05) is 0 Å². The molecule has 0 rings (SSSR count). The molecule has 0 nitrogen and oxygen atoms in total. The normalized spacial score (nSPS) is 15.0. The smallest absolute Gasteiger partial charge is 0.0298 e. The summed E-state index contributed by atoms with van der Waals surface area (Å²) < 4.78 is 0. The van der Waals surface area contributed by atoms with E-state index in [1.807, 2.05) is 0 Å². The van der Waals surface area contributed by atoms with Crippen molar-refractivity contribution in [2.24, 2.45) is 11.3 Å². The number of rotatable bonds is 6. The Balaban J connectivity index is 3.85. The highest BCUT2D eigenvalue weighted by Crippen LogP contribution is 2.34. The third kappa shape index (κ3) is 7.10. The van der Waals surface area contributed by atoms with Gasteiger partial charge in [0.25, 0.3) is 0 Å². The summed E-state index contributed by atoms with van der Waals surface area (Å²) in [4.78, 5) is 0. The van der Waals surface area contributed by atoms with E-state index in [2.05, 4.69) is 41.5 Å². The fourth-order valence-electron chi connectivity index (χ4n) is 2.57. The minimum atomic E-state index is 0.507. The van der Waals surface area contributed by atoms with Crippen molar-refractivity contribution in [3.8, 4) is 0 Å². The third-order valence-electron chi connectivity index (χ3n) is 2.51. The molecule has 0 heteroatoms. The minimum Gasteiger partial charge on any atom is -0.0654 e. The lowest BCUT2D eigenvalue weighted by Gasteiger charge is -2.29. The van der Waals surface area contributed by atoms with Crippen LogP contribution in [0.3, 0.4) is 0 Å². The highest BCUT2D eigenvalue weighted by molar-refractivity contribution is 4.86. The third-order valence-corrected chi connectivity index (χ3v) is 2.51. The van der Waals surface area contributed by atoms with Crippen molar-refractivity contribution in [2.45, 2.75) is 67.2 Å². The summed E-state index contributed by atoms with van der Waals surface area (Å²) in [5.74, 6) is 2.45. The van der Waals surface area contributed by atoms with Gasteiger partial charge in [-0.25, -0.2) is 0 Å². The molecule has 1 unspecified atom stereocenters. The molecule has 0 aliphatic rings. The second kappa shape index (κ2) is 5.67. The lowest BCUT2D eigenvalue weighted by atomic mass is 9.76. The van der Waals surface area contributed by atoms with Gasteiger partial charge in [-0.05, 0) is 30.1 Å². The second-order valence-electron chi connectivity index (χ2n) is 5.65. The first kappa shape index (κ1) is 13.0. The van der Waals surface area contributed by atoms with E-state index in [0.29, 0.717) is 5.41 Å². The second-order valence-corrected chi connectivity index (χ2v) is 5.65. The van der Waals surface area contributed by atoms with E-state index in [4.69, 9.17) is 0 Å². The summed E-state index contributed by atoms with van der Waals surface area (Å²) in [7, 11) is 0. The van der Waals surface area contributed by atoms with E-state index in [0.717, 1.165) is 5.92 Å². The summed E-state index contributed by atoms with van der Waals surface area (Å²) >= 11 is 0. The van der Waals surface area contributed by atoms with Crippen molar-refractivity contribution in [3.05, 3.63) is 5.92 Å². The van der Waals surface area contributed by atoms with E-state index >= 15 is 0 Å². The predicted molar refractivity (Wildman–Crippen MR) is 61.7 cm³/mol. The van der Waals surface area contributed by atoms with Crippen LogP contribution in [-0.4, -0.2) is 0 Å². The maximum absolute atomic E-state index is 2.40. The monoisotopic (exact) mass is 183 g/mol. The Labute approximate surface area is 85.1 Å². The SMILES string of the molecule is CCCC(C)CC(C)(C)C[C](C)C. The quantitative estimate of drug-likeness (QED) is 0.552. The average molecular weight is 183 g/mol. The molecule has 0 N–H and O–H groups in total. The van der Waals surface area contributed by atoms with Crippen molar-refractivity contribution in [2.75, 3.05) is 0 Å². The Morgan fingerprint density at radius 3 is 2.15 bits per heavy atom. The Bertz CT molecular complexity index is 122. The molecule has 0 heterocycles. The van der Waals surface area contributed by atoms with Gasteiger partial charge < -0.3 is 0 Å². The number of hydrogen-bond donors (Lipinski definition) is 0. The average Bonchev–Trinajstić information content (AvgIpc) is 1.81. The largest absolute Gasteiger partial charge is 0.0654 e. The molecular weight excluding hydrogens is 156 g/mol. The van der Waals surface area contributed by atoms with E-state index in [9.17, 15) is 0 Å². The van der Waals surface area contributed by atoms with Crippen LogP contribution in [0.2, 0.25) is 0 Å². The molecule has 0 bridgehead atoms. The maximum Gasteiger partial charge on any atom is -0.0298 e. The van der Waals surface area contributed by atoms with Gasteiger partial charge in [0.15, 0.2) is 0 Å². The first-order chi connectivity index (χ1) is 5.87. The molecule has 13 heavy (non-hydrogen) atoms. The summed E-state index contributed by atoms with van der Waals surface area (Å²) in [6.07, 6.45) is 5.35. The highest BCUT2D eigenvalue weighted by Gasteiger charge is 2.21. The van der Waals surface area contributed by atoms with Gasteiger partial charge in [-0.3, -0.25) is 0 Å². The van der Waals surface area contributed by atoms with E-state index in [-0.39, 0.29) is 0 Å². The van der Waals surface area contributed by atoms with Crippen LogP contribution in [0.25, 0.3) is 0 Å². The fraction of sp³-hybridized carbons (Fsp3) is 0.923. The lowest BCUT2D eigenvalue weighted by Crippen LogP contribution is -2.17. The van der Waals surface area contributed by atoms with E-state index in [1.165, 1.54) is 25.7 Å². The van der Waals surface area contributed by atoms with Gasteiger partial charge in [-0.1, -0.05) is 54.4 Å². The first-order valence-electron chi connectivity index (χ1n) is 5.66. The Morgan fingerprint density at radius 1 is 1.23 bits per heavy atom. The molecule has 0 fully saturated rings. The Kier molecular flexibility index (Phi) is 5.67. The molecule has 0 saturated heterocycles. The zero-order chi connectivity index (χ0) is 10.5. The lowest BCUT2D eigenvalue weighted by molar-refractivity contribution is 0.255. The molecule has 1 radical (unpaired) electrons. The molecule has 0 saturated carbocycles. The minimum absolute atomic E-state index is 0.507. The molecule has 0 aromatic heterocycles. The molecule has 1 atom stereocenters. The van der Waals surface area contributed by atoms with Crippen LogP contribution >= 0.6 is 0 Å². The molecule has 0 aromatic rings. The molecule has 0 aliphatic heterocycles. The molecule has 0 amide bonds. The topological polar surface area (TPSA) is 0 Å². The van der Waals surface area contributed by atoms with Crippen molar-refractivity contribution in [1.82, 2.24) is 0 Å². The summed E-state index contributed by atoms with van der Waals surface area (Å²) in [5, 5.41) is 0. The van der Waals surface area contributed by atoms with Crippen LogP contribution in [0.4, 0.5) is 0 Å². The van der Waals surface area contributed by atoms with Crippen LogP contribution in [0.1, 0.15) is 67.2 Å². The van der Waals surface area contributed by atoms with Crippen molar-refractivity contribution >= 4 is 0 Å². The molecule has 0 aromatic carbocycles. The zero-order valence-corrected chi connectivity index (χ0v) is 10.4. The van der Waals surface area contributed by atoms with E-state index < -0.39 is 0 Å². The standard InChI is InChI=1S/C13H27/c1-7-8-12(4)10-13(5,6)9-11(2)3/h12H,7-10H2,1-6H3. The van der Waals surface area contributed by atoms with Crippen LogP contribution in [0.15, 0.2) is 0 Å².